The number of hydrogen-bond donors (Lipinski definition) is 3. The number of carbonyl (C=O) groups is 2. The van der Waals surface area contributed by atoms with E-state index in [0.29, 0.717) is 19.6 Å². The van der Waals surface area contributed by atoms with Crippen molar-refractivity contribution in [1.29, 1.82) is 0 Å². The van der Waals surface area contributed by atoms with Gasteiger partial charge in [0.25, 0.3) is 0 Å². The molecule has 1 rings (SSSR count). The van der Waals surface area contributed by atoms with Crippen molar-refractivity contribution in [3.8, 4) is 24.7 Å². The van der Waals surface area contributed by atoms with Crippen LogP contribution in [-0.4, -0.2) is 11.8 Å². The third-order valence-electron chi connectivity index (χ3n) is 2.85. The Hall–Kier alpha value is -2.76. The molecule has 0 atom stereocenters. The van der Waals surface area contributed by atoms with Crippen LogP contribution in [-0.2, 0) is 29.2 Å². The molecule has 0 spiro atoms. The van der Waals surface area contributed by atoms with Crippen LogP contribution in [0.2, 0.25) is 0 Å². The minimum atomic E-state index is -0.204. The van der Waals surface area contributed by atoms with Crippen LogP contribution in [0.5, 0.6) is 0 Å². The van der Waals surface area contributed by atoms with Gasteiger partial charge in [-0.15, -0.1) is 12.8 Å². The monoisotopic (exact) mass is 297 g/mol. The molecule has 0 heterocycles. The fourth-order valence-electron chi connectivity index (χ4n) is 1.87. The number of hydrogen-bond acceptors (Lipinski definition) is 3. The molecule has 2 amide bonds. The van der Waals surface area contributed by atoms with Gasteiger partial charge in [0.1, 0.15) is 0 Å². The predicted octanol–water partition coefficient (Wildman–Crippen LogP) is 0.424. The number of nitrogens with two attached hydrogens (primary N) is 1. The van der Waals surface area contributed by atoms with E-state index in [4.69, 9.17) is 18.6 Å². The molecule has 0 bridgehead atoms. The maximum absolute atomic E-state index is 11.4. The number of carbonyl (C=O) groups excluding carboxylic acids is 2. The molecule has 0 aliphatic heterocycles. The molecule has 1 aromatic carbocycles. The largest absolute Gasteiger partial charge is 0.351 e. The zero-order valence-electron chi connectivity index (χ0n) is 12.3. The van der Waals surface area contributed by atoms with Gasteiger partial charge in [0.05, 0.1) is 12.8 Å². The highest BCUT2D eigenvalue weighted by atomic mass is 16.2. The van der Waals surface area contributed by atoms with Crippen molar-refractivity contribution in [2.24, 2.45) is 5.73 Å². The Kier molecular flexibility index (Phi) is 7.25. The number of amides is 2. The van der Waals surface area contributed by atoms with Crippen LogP contribution < -0.4 is 16.4 Å². The second-order valence-electron chi connectivity index (χ2n) is 4.68. The third-order valence-corrected chi connectivity index (χ3v) is 2.85. The van der Waals surface area contributed by atoms with Crippen molar-refractivity contribution in [1.82, 2.24) is 10.6 Å². The first-order valence-corrected chi connectivity index (χ1v) is 6.81. The SMILES string of the molecule is C#CCC(=O)NCc1cc(CN)cc(CNC(=O)CC#C)c1. The maximum Gasteiger partial charge on any atom is 0.232 e. The standard InChI is InChI=1S/C17H19N3O2/c1-3-5-16(21)19-11-14-7-13(10-18)8-15(9-14)12-20-17(22)6-4-2/h1-2,7-9H,5-6,10-12,18H2,(H,19,21)(H,20,22). The highest BCUT2D eigenvalue weighted by Crippen LogP contribution is 2.10. The summed E-state index contributed by atoms with van der Waals surface area (Å²) in [6.07, 6.45) is 10.3. The molecule has 0 saturated carbocycles. The Morgan fingerprint density at radius 3 is 1.68 bits per heavy atom. The summed E-state index contributed by atoms with van der Waals surface area (Å²) in [7, 11) is 0. The van der Waals surface area contributed by atoms with Crippen molar-refractivity contribution < 1.29 is 9.59 Å². The van der Waals surface area contributed by atoms with E-state index in [1.165, 1.54) is 0 Å². The Morgan fingerprint density at radius 1 is 0.909 bits per heavy atom. The van der Waals surface area contributed by atoms with Gasteiger partial charge in [-0.1, -0.05) is 30.0 Å². The van der Waals surface area contributed by atoms with E-state index in [0.717, 1.165) is 16.7 Å². The molecule has 0 unspecified atom stereocenters. The van der Waals surface area contributed by atoms with Crippen molar-refractivity contribution >= 4 is 11.8 Å². The van der Waals surface area contributed by atoms with Gasteiger partial charge in [-0.3, -0.25) is 9.59 Å². The van der Waals surface area contributed by atoms with Crippen molar-refractivity contribution in [2.75, 3.05) is 0 Å². The summed E-state index contributed by atoms with van der Waals surface area (Å²) in [5, 5.41) is 5.45. The molecular weight excluding hydrogens is 278 g/mol. The Labute approximate surface area is 130 Å². The van der Waals surface area contributed by atoms with E-state index in [1.54, 1.807) is 0 Å². The summed E-state index contributed by atoms with van der Waals surface area (Å²) in [5.74, 6) is 4.17. The lowest BCUT2D eigenvalue weighted by Crippen LogP contribution is -2.23. The molecule has 22 heavy (non-hydrogen) atoms. The highest BCUT2D eigenvalue weighted by molar-refractivity contribution is 5.78. The number of terminal acetylenes is 2. The van der Waals surface area contributed by atoms with Gasteiger partial charge in [-0.25, -0.2) is 0 Å². The third kappa shape index (κ3) is 6.13. The van der Waals surface area contributed by atoms with E-state index < -0.39 is 0 Å². The van der Waals surface area contributed by atoms with E-state index >= 15 is 0 Å². The first kappa shape index (κ1) is 17.3. The van der Waals surface area contributed by atoms with Crippen LogP contribution in [0.3, 0.4) is 0 Å². The van der Waals surface area contributed by atoms with Crippen LogP contribution in [0, 0.1) is 24.7 Å². The molecule has 4 N–H and O–H groups in total. The smallest absolute Gasteiger partial charge is 0.232 e. The molecule has 0 fully saturated rings. The maximum atomic E-state index is 11.4. The van der Waals surface area contributed by atoms with Crippen LogP contribution in [0.1, 0.15) is 29.5 Å². The van der Waals surface area contributed by atoms with Crippen molar-refractivity contribution in [3.63, 3.8) is 0 Å². The predicted molar refractivity (Wildman–Crippen MR) is 84.9 cm³/mol. The van der Waals surface area contributed by atoms with Crippen LogP contribution in [0.4, 0.5) is 0 Å². The van der Waals surface area contributed by atoms with E-state index in [-0.39, 0.29) is 24.7 Å². The lowest BCUT2D eigenvalue weighted by atomic mass is 10.1. The zero-order chi connectivity index (χ0) is 16.4. The molecule has 5 heteroatoms. The second-order valence-corrected chi connectivity index (χ2v) is 4.68. The average Bonchev–Trinajstić information content (AvgIpc) is 2.51. The summed E-state index contributed by atoms with van der Waals surface area (Å²) in [6.45, 7) is 1.09. The highest BCUT2D eigenvalue weighted by Gasteiger charge is 2.04. The van der Waals surface area contributed by atoms with Gasteiger partial charge >= 0.3 is 0 Å². The minimum Gasteiger partial charge on any atom is -0.351 e. The van der Waals surface area contributed by atoms with Crippen LogP contribution in [0.25, 0.3) is 0 Å². The molecule has 0 aliphatic rings. The molecule has 0 saturated heterocycles. The Morgan fingerprint density at radius 2 is 1.32 bits per heavy atom. The first-order chi connectivity index (χ1) is 10.6. The van der Waals surface area contributed by atoms with E-state index in [2.05, 4.69) is 22.5 Å². The molecular formula is C17H19N3O2. The van der Waals surface area contributed by atoms with Crippen LogP contribution in [0.15, 0.2) is 18.2 Å². The zero-order valence-corrected chi connectivity index (χ0v) is 12.3. The summed E-state index contributed by atoms with van der Waals surface area (Å²) in [4.78, 5) is 22.8. The molecule has 1 aromatic rings. The Bertz CT molecular complexity index is 574. The molecule has 0 aromatic heterocycles. The summed E-state index contributed by atoms with van der Waals surface area (Å²) >= 11 is 0. The van der Waals surface area contributed by atoms with Gasteiger partial charge in [-0.05, 0) is 16.7 Å². The summed E-state index contributed by atoms with van der Waals surface area (Å²) in [5.41, 5.74) is 8.38. The van der Waals surface area contributed by atoms with Gasteiger partial charge in [0.15, 0.2) is 0 Å². The fourth-order valence-corrected chi connectivity index (χ4v) is 1.87. The lowest BCUT2D eigenvalue weighted by Gasteiger charge is -2.10. The first-order valence-electron chi connectivity index (χ1n) is 6.81. The quantitative estimate of drug-likeness (QED) is 0.638. The van der Waals surface area contributed by atoms with Crippen molar-refractivity contribution in [2.45, 2.75) is 32.5 Å². The van der Waals surface area contributed by atoms with Crippen LogP contribution >= 0.6 is 0 Å². The Balaban J connectivity index is 2.72. The molecule has 114 valence electrons. The fraction of sp³-hybridized carbons (Fsp3) is 0.294. The molecule has 5 nitrogen and oxygen atoms in total. The number of rotatable bonds is 7. The van der Waals surface area contributed by atoms with Gasteiger partial charge < -0.3 is 16.4 Å². The average molecular weight is 297 g/mol. The normalized spacial score (nSPS) is 9.41. The minimum absolute atomic E-state index is 0.0472. The summed E-state index contributed by atoms with van der Waals surface area (Å²) < 4.78 is 0. The van der Waals surface area contributed by atoms with E-state index in [1.807, 2.05) is 18.2 Å². The van der Waals surface area contributed by atoms with Gasteiger partial charge in [0.2, 0.25) is 11.8 Å². The second kappa shape index (κ2) is 9.23. The molecule has 0 radical (unpaired) electrons. The number of nitrogens with one attached hydrogen (secondary N) is 2. The van der Waals surface area contributed by atoms with Gasteiger partial charge in [0, 0.05) is 19.6 Å². The van der Waals surface area contributed by atoms with Crippen molar-refractivity contribution in [3.05, 3.63) is 34.9 Å². The summed E-state index contributed by atoms with van der Waals surface area (Å²) in [6, 6.07) is 5.71. The van der Waals surface area contributed by atoms with E-state index in [9.17, 15) is 9.59 Å². The van der Waals surface area contributed by atoms with Gasteiger partial charge in [-0.2, -0.15) is 0 Å². The molecule has 0 aliphatic carbocycles. The number of benzene rings is 1. The topological polar surface area (TPSA) is 84.2 Å². The lowest BCUT2D eigenvalue weighted by molar-refractivity contribution is -0.121.